The Morgan fingerprint density at radius 3 is 2.23 bits per heavy atom. The van der Waals surface area contributed by atoms with Crippen LogP contribution in [0.15, 0.2) is 36.5 Å². The first-order valence-corrected chi connectivity index (χ1v) is 3.81. The highest BCUT2D eigenvalue weighted by Gasteiger charge is 1.60. The Morgan fingerprint density at radius 2 is 1.62 bits per heavy atom. The molecule has 0 rings (SSSR count). The summed E-state index contributed by atoms with van der Waals surface area (Å²) in [7, 11) is 0. The monoisotopic (exact) mass is 170 g/mol. The number of hydrogen-bond donors (Lipinski definition) is 0. The van der Waals surface area contributed by atoms with Crippen LogP contribution in [-0.2, 0) is 4.79 Å². The fourth-order valence-corrected chi connectivity index (χ4v) is 0.452. The number of aldehydes is 1. The van der Waals surface area contributed by atoms with E-state index in [1.54, 1.807) is 24.3 Å². The molecule has 0 radical (unpaired) electrons. The van der Waals surface area contributed by atoms with Gasteiger partial charge in [-0.25, -0.2) is 0 Å². The molecule has 0 saturated carbocycles. The zero-order valence-electron chi connectivity index (χ0n) is 7.45. The zero-order valence-corrected chi connectivity index (χ0v) is 7.45. The van der Waals surface area contributed by atoms with Gasteiger partial charge in [-0.15, -0.1) is 0 Å². The van der Waals surface area contributed by atoms with Crippen LogP contribution in [0.1, 0.15) is 6.92 Å². The van der Waals surface area contributed by atoms with Crippen LogP contribution in [0.25, 0.3) is 0 Å². The van der Waals surface area contributed by atoms with E-state index in [2.05, 4.69) is 23.7 Å². The second-order valence-electron chi connectivity index (χ2n) is 1.92. The van der Waals surface area contributed by atoms with Gasteiger partial charge in [-0.2, -0.15) is 0 Å². The zero-order chi connectivity index (χ0) is 9.78. The molecule has 0 atom stereocenters. The molecular formula is C12H10O. The Hall–Kier alpha value is -1.99. The van der Waals surface area contributed by atoms with Crippen molar-refractivity contribution in [2.45, 2.75) is 6.92 Å². The van der Waals surface area contributed by atoms with Gasteiger partial charge in [0, 0.05) is 0 Å². The Bertz CT molecular complexity index is 335. The van der Waals surface area contributed by atoms with Crippen molar-refractivity contribution < 1.29 is 4.79 Å². The van der Waals surface area contributed by atoms with E-state index in [1.807, 2.05) is 13.0 Å². The molecule has 1 nitrogen and oxygen atoms in total. The van der Waals surface area contributed by atoms with Crippen molar-refractivity contribution in [2.75, 3.05) is 0 Å². The van der Waals surface area contributed by atoms with E-state index in [1.165, 1.54) is 6.08 Å². The van der Waals surface area contributed by atoms with Crippen LogP contribution in [-0.4, -0.2) is 6.29 Å². The summed E-state index contributed by atoms with van der Waals surface area (Å²) >= 11 is 0. The van der Waals surface area contributed by atoms with Crippen molar-refractivity contribution in [3.05, 3.63) is 36.5 Å². The number of allylic oxidation sites excluding steroid dienone is 6. The molecule has 0 aromatic heterocycles. The average Bonchev–Trinajstić information content (AvgIpc) is 2.16. The Morgan fingerprint density at radius 1 is 0.923 bits per heavy atom. The molecule has 0 unspecified atom stereocenters. The summed E-state index contributed by atoms with van der Waals surface area (Å²) in [6.45, 7) is 1.90. The van der Waals surface area contributed by atoms with E-state index in [0.29, 0.717) is 6.29 Å². The fourth-order valence-electron chi connectivity index (χ4n) is 0.452. The molecule has 0 saturated heterocycles. The van der Waals surface area contributed by atoms with Crippen LogP contribution in [0.5, 0.6) is 0 Å². The molecule has 0 bridgehead atoms. The van der Waals surface area contributed by atoms with E-state index in [4.69, 9.17) is 0 Å². The highest BCUT2D eigenvalue weighted by atomic mass is 16.1. The summed E-state index contributed by atoms with van der Waals surface area (Å²) in [6, 6.07) is 0. The van der Waals surface area contributed by atoms with E-state index in [0.717, 1.165) is 0 Å². The molecule has 0 aliphatic rings. The van der Waals surface area contributed by atoms with Gasteiger partial charge in [0.2, 0.25) is 0 Å². The molecular weight excluding hydrogens is 160 g/mol. The van der Waals surface area contributed by atoms with Crippen molar-refractivity contribution in [1.29, 1.82) is 0 Å². The molecule has 0 aromatic carbocycles. The summed E-state index contributed by atoms with van der Waals surface area (Å²) in [5.74, 6) is 10.7. The van der Waals surface area contributed by atoms with E-state index in [9.17, 15) is 4.79 Å². The SMILES string of the molecule is C/C=C/C#CC#C/C=C/C=C/C=O. The molecule has 0 amide bonds. The summed E-state index contributed by atoms with van der Waals surface area (Å²) in [5.41, 5.74) is 0. The van der Waals surface area contributed by atoms with Gasteiger partial charge in [-0.05, 0) is 37.0 Å². The van der Waals surface area contributed by atoms with Crippen molar-refractivity contribution in [1.82, 2.24) is 0 Å². The third kappa shape index (κ3) is 10.0. The number of hydrogen-bond acceptors (Lipinski definition) is 1. The maximum atomic E-state index is 9.83. The summed E-state index contributed by atoms with van der Waals surface area (Å²) < 4.78 is 0. The summed E-state index contributed by atoms with van der Waals surface area (Å²) in [4.78, 5) is 9.83. The van der Waals surface area contributed by atoms with Crippen molar-refractivity contribution in [3.63, 3.8) is 0 Å². The van der Waals surface area contributed by atoms with Crippen molar-refractivity contribution >= 4 is 6.29 Å². The van der Waals surface area contributed by atoms with E-state index in [-0.39, 0.29) is 0 Å². The van der Waals surface area contributed by atoms with Gasteiger partial charge in [0.25, 0.3) is 0 Å². The van der Waals surface area contributed by atoms with Crippen LogP contribution in [0, 0.1) is 23.7 Å². The number of carbonyl (C=O) groups is 1. The molecule has 1 heteroatoms. The van der Waals surface area contributed by atoms with Crippen molar-refractivity contribution in [2.24, 2.45) is 0 Å². The smallest absolute Gasteiger partial charge is 0.142 e. The van der Waals surface area contributed by atoms with Gasteiger partial charge in [-0.1, -0.05) is 30.1 Å². The lowest BCUT2D eigenvalue weighted by Gasteiger charge is -1.65. The quantitative estimate of drug-likeness (QED) is 0.267. The molecule has 0 N–H and O–H groups in total. The number of carbonyl (C=O) groups excluding carboxylic acids is 1. The molecule has 64 valence electrons. The predicted molar refractivity (Wildman–Crippen MR) is 54.7 cm³/mol. The molecule has 0 aromatic rings. The highest BCUT2D eigenvalue weighted by molar-refractivity contribution is 5.65. The molecule has 0 heterocycles. The van der Waals surface area contributed by atoms with Crippen LogP contribution in [0.3, 0.4) is 0 Å². The Labute approximate surface area is 78.8 Å². The summed E-state index contributed by atoms with van der Waals surface area (Å²) in [5, 5.41) is 0. The van der Waals surface area contributed by atoms with Crippen LogP contribution in [0.2, 0.25) is 0 Å². The largest absolute Gasteiger partial charge is 0.299 e. The van der Waals surface area contributed by atoms with Gasteiger partial charge in [0.15, 0.2) is 0 Å². The van der Waals surface area contributed by atoms with Gasteiger partial charge in [-0.3, -0.25) is 4.79 Å². The topological polar surface area (TPSA) is 17.1 Å². The molecule has 0 spiro atoms. The minimum absolute atomic E-state index is 0.712. The maximum Gasteiger partial charge on any atom is 0.142 e. The average molecular weight is 170 g/mol. The Kier molecular flexibility index (Phi) is 8.48. The van der Waals surface area contributed by atoms with E-state index >= 15 is 0 Å². The molecule has 0 aliphatic carbocycles. The van der Waals surface area contributed by atoms with Crippen LogP contribution in [0.4, 0.5) is 0 Å². The van der Waals surface area contributed by atoms with Gasteiger partial charge in [0.05, 0.1) is 0 Å². The molecule has 0 aliphatic heterocycles. The lowest BCUT2D eigenvalue weighted by molar-refractivity contribution is -0.104. The first-order chi connectivity index (χ1) is 6.41. The fraction of sp³-hybridized carbons (Fsp3) is 0.0833. The third-order valence-corrected chi connectivity index (χ3v) is 0.937. The van der Waals surface area contributed by atoms with Crippen LogP contribution >= 0.6 is 0 Å². The standard InChI is InChI=1S/C12H10O/c1-2-3-4-5-6-7-8-9-10-11-12-13/h2-3,8-12H,1H3/b3-2+,9-8+,11-10+. The lowest BCUT2D eigenvalue weighted by Crippen LogP contribution is -1.56. The first-order valence-electron chi connectivity index (χ1n) is 3.81. The maximum absolute atomic E-state index is 9.83. The van der Waals surface area contributed by atoms with Gasteiger partial charge in [0.1, 0.15) is 6.29 Å². The second-order valence-corrected chi connectivity index (χ2v) is 1.92. The second kappa shape index (κ2) is 10.0. The van der Waals surface area contributed by atoms with E-state index < -0.39 is 0 Å². The van der Waals surface area contributed by atoms with Crippen molar-refractivity contribution in [3.8, 4) is 23.7 Å². The Balaban J connectivity index is 3.88. The highest BCUT2D eigenvalue weighted by Crippen LogP contribution is 1.72. The van der Waals surface area contributed by atoms with Gasteiger partial charge < -0.3 is 0 Å². The minimum Gasteiger partial charge on any atom is -0.299 e. The summed E-state index contributed by atoms with van der Waals surface area (Å²) in [6.07, 6.45) is 10.6. The lowest BCUT2D eigenvalue weighted by atomic mass is 10.4. The third-order valence-electron chi connectivity index (χ3n) is 0.937. The minimum atomic E-state index is 0.712. The number of rotatable bonds is 2. The normalized spacial score (nSPS) is 9.62. The first kappa shape index (κ1) is 11.0. The van der Waals surface area contributed by atoms with Gasteiger partial charge >= 0.3 is 0 Å². The predicted octanol–water partition coefficient (Wildman–Crippen LogP) is 1.88. The molecule has 13 heavy (non-hydrogen) atoms. The van der Waals surface area contributed by atoms with Crippen LogP contribution < -0.4 is 0 Å². The molecule has 0 fully saturated rings.